The lowest BCUT2D eigenvalue weighted by Crippen LogP contribution is -2.35. The fourth-order valence-electron chi connectivity index (χ4n) is 4.31. The Kier molecular flexibility index (Phi) is 7.11. The van der Waals surface area contributed by atoms with Gasteiger partial charge in [-0.1, -0.05) is 30.3 Å². The van der Waals surface area contributed by atoms with E-state index in [0.29, 0.717) is 23.6 Å². The van der Waals surface area contributed by atoms with Gasteiger partial charge in [0.25, 0.3) is 5.91 Å². The van der Waals surface area contributed by atoms with Crippen molar-refractivity contribution in [3.8, 4) is 11.5 Å². The average Bonchev–Trinajstić information content (AvgIpc) is 3.33. The predicted octanol–water partition coefficient (Wildman–Crippen LogP) is 4.02. The van der Waals surface area contributed by atoms with Crippen LogP contribution in [0.4, 0.5) is 4.39 Å². The zero-order valence-corrected chi connectivity index (χ0v) is 19.2. The van der Waals surface area contributed by atoms with Gasteiger partial charge in [-0.05, 0) is 53.6 Å². The quantitative estimate of drug-likeness (QED) is 0.576. The molecule has 1 N–H and O–H groups in total. The number of amides is 2. The normalized spacial score (nSPS) is 17.3. The van der Waals surface area contributed by atoms with Crippen LogP contribution < -0.4 is 14.8 Å². The maximum Gasteiger partial charge on any atom is 0.254 e. The number of carbonyl (C=O) groups is 2. The monoisotopic (exact) mass is 462 g/mol. The number of likely N-dealkylation sites (tertiary alicyclic amines) is 1. The number of halogens is 1. The van der Waals surface area contributed by atoms with E-state index < -0.39 is 5.92 Å². The van der Waals surface area contributed by atoms with Gasteiger partial charge in [0.2, 0.25) is 5.91 Å². The van der Waals surface area contributed by atoms with Gasteiger partial charge < -0.3 is 19.7 Å². The highest BCUT2D eigenvalue weighted by Gasteiger charge is 2.40. The molecule has 34 heavy (non-hydrogen) atoms. The van der Waals surface area contributed by atoms with Crippen molar-refractivity contribution in [2.24, 2.45) is 5.92 Å². The van der Waals surface area contributed by atoms with Crippen LogP contribution in [-0.4, -0.2) is 44.0 Å². The Hall–Kier alpha value is -3.87. The van der Waals surface area contributed by atoms with Crippen molar-refractivity contribution in [1.29, 1.82) is 0 Å². The smallest absolute Gasteiger partial charge is 0.254 e. The predicted molar refractivity (Wildman–Crippen MR) is 126 cm³/mol. The number of nitrogens with one attached hydrogen (secondary N) is 1. The second kappa shape index (κ2) is 10.4. The van der Waals surface area contributed by atoms with Crippen LogP contribution in [0.25, 0.3) is 0 Å². The second-order valence-electron chi connectivity index (χ2n) is 8.28. The lowest BCUT2D eigenvalue weighted by atomic mass is 9.88. The molecule has 6 nitrogen and oxygen atoms in total. The first-order valence-corrected chi connectivity index (χ1v) is 11.1. The molecular formula is C27H27FN2O4. The zero-order valence-electron chi connectivity index (χ0n) is 19.2. The van der Waals surface area contributed by atoms with Crippen LogP contribution in [0.3, 0.4) is 0 Å². The van der Waals surface area contributed by atoms with E-state index in [0.717, 1.165) is 11.1 Å². The largest absolute Gasteiger partial charge is 0.497 e. The zero-order chi connectivity index (χ0) is 24.1. The molecule has 2 unspecified atom stereocenters. The molecule has 3 aromatic carbocycles. The van der Waals surface area contributed by atoms with Crippen molar-refractivity contribution in [3.63, 3.8) is 0 Å². The van der Waals surface area contributed by atoms with Gasteiger partial charge in [0.1, 0.15) is 17.3 Å². The third-order valence-electron chi connectivity index (χ3n) is 6.16. The molecule has 0 spiro atoms. The molecule has 0 saturated carbocycles. The van der Waals surface area contributed by atoms with Crippen molar-refractivity contribution in [3.05, 3.63) is 95.3 Å². The van der Waals surface area contributed by atoms with E-state index >= 15 is 0 Å². The third-order valence-corrected chi connectivity index (χ3v) is 6.16. The van der Waals surface area contributed by atoms with Gasteiger partial charge in [-0.2, -0.15) is 0 Å². The first kappa shape index (κ1) is 23.3. The fraction of sp³-hybridized carbons (Fsp3) is 0.259. The molecule has 0 radical (unpaired) electrons. The standard InChI is InChI=1S/C27H27FN2O4/c1-33-22-7-3-5-19(13-22)24-16-30(27(32)20-6-4-8-23(14-20)34-2)17-25(24)26(31)29-15-18-9-11-21(28)12-10-18/h3-14,24-25H,15-17H2,1-2H3,(H,29,31). The Bertz CT molecular complexity index is 1170. The van der Waals surface area contributed by atoms with Gasteiger partial charge in [-0.15, -0.1) is 0 Å². The molecular weight excluding hydrogens is 435 g/mol. The highest BCUT2D eigenvalue weighted by molar-refractivity contribution is 5.95. The SMILES string of the molecule is COc1cccc(C(=O)N2CC(C(=O)NCc3ccc(F)cc3)C(c3cccc(OC)c3)C2)c1. The Balaban J connectivity index is 1.56. The number of ether oxygens (including phenoxy) is 2. The minimum Gasteiger partial charge on any atom is -0.497 e. The van der Waals surface area contributed by atoms with Crippen molar-refractivity contribution >= 4 is 11.8 Å². The number of nitrogens with zero attached hydrogens (tertiary/aromatic N) is 1. The van der Waals surface area contributed by atoms with Gasteiger partial charge >= 0.3 is 0 Å². The highest BCUT2D eigenvalue weighted by Crippen LogP contribution is 2.35. The summed E-state index contributed by atoms with van der Waals surface area (Å²) in [4.78, 5) is 28.2. The fourth-order valence-corrected chi connectivity index (χ4v) is 4.31. The van der Waals surface area contributed by atoms with Crippen LogP contribution >= 0.6 is 0 Å². The summed E-state index contributed by atoms with van der Waals surface area (Å²) >= 11 is 0. The Morgan fingerprint density at radius 3 is 2.32 bits per heavy atom. The van der Waals surface area contributed by atoms with Gasteiger partial charge in [0, 0.05) is 31.1 Å². The van der Waals surface area contributed by atoms with Gasteiger partial charge in [-0.25, -0.2) is 4.39 Å². The van der Waals surface area contributed by atoms with Crippen LogP contribution in [0.5, 0.6) is 11.5 Å². The van der Waals surface area contributed by atoms with E-state index in [1.165, 1.54) is 12.1 Å². The number of benzene rings is 3. The molecule has 2 amide bonds. The Morgan fingerprint density at radius 2 is 1.62 bits per heavy atom. The van der Waals surface area contributed by atoms with E-state index in [-0.39, 0.29) is 36.6 Å². The molecule has 0 aromatic heterocycles. The minimum atomic E-state index is -0.442. The molecule has 1 aliphatic heterocycles. The number of rotatable bonds is 7. The van der Waals surface area contributed by atoms with E-state index in [9.17, 15) is 14.0 Å². The van der Waals surface area contributed by atoms with E-state index in [1.807, 2.05) is 24.3 Å². The van der Waals surface area contributed by atoms with Crippen molar-refractivity contribution in [1.82, 2.24) is 10.2 Å². The summed E-state index contributed by atoms with van der Waals surface area (Å²) in [6.07, 6.45) is 0. The molecule has 1 aliphatic rings. The summed E-state index contributed by atoms with van der Waals surface area (Å²) in [6, 6.07) is 20.6. The summed E-state index contributed by atoms with van der Waals surface area (Å²) in [7, 11) is 3.15. The summed E-state index contributed by atoms with van der Waals surface area (Å²) in [5, 5.41) is 2.96. The second-order valence-corrected chi connectivity index (χ2v) is 8.28. The van der Waals surface area contributed by atoms with Crippen LogP contribution in [-0.2, 0) is 11.3 Å². The number of hydrogen-bond donors (Lipinski definition) is 1. The molecule has 1 saturated heterocycles. The Morgan fingerprint density at radius 1 is 0.941 bits per heavy atom. The molecule has 0 bridgehead atoms. The summed E-state index contributed by atoms with van der Waals surface area (Å²) < 4.78 is 23.8. The maximum absolute atomic E-state index is 13.3. The summed E-state index contributed by atoms with van der Waals surface area (Å²) in [6.45, 7) is 0.968. The first-order valence-electron chi connectivity index (χ1n) is 11.1. The molecule has 0 aliphatic carbocycles. The van der Waals surface area contributed by atoms with Crippen LogP contribution in [0.15, 0.2) is 72.8 Å². The summed E-state index contributed by atoms with van der Waals surface area (Å²) in [5.41, 5.74) is 2.24. The number of methoxy groups -OCH3 is 2. The first-order chi connectivity index (χ1) is 16.5. The minimum absolute atomic E-state index is 0.152. The molecule has 1 fully saturated rings. The highest BCUT2D eigenvalue weighted by atomic mass is 19.1. The van der Waals surface area contributed by atoms with E-state index in [1.54, 1.807) is 55.5 Å². The molecule has 2 atom stereocenters. The lowest BCUT2D eigenvalue weighted by Gasteiger charge is -2.19. The lowest BCUT2D eigenvalue weighted by molar-refractivity contribution is -0.125. The number of hydrogen-bond acceptors (Lipinski definition) is 4. The average molecular weight is 463 g/mol. The van der Waals surface area contributed by atoms with Crippen molar-refractivity contribution in [2.45, 2.75) is 12.5 Å². The number of carbonyl (C=O) groups excluding carboxylic acids is 2. The third kappa shape index (κ3) is 5.20. The van der Waals surface area contributed by atoms with Gasteiger partial charge in [0.15, 0.2) is 0 Å². The summed E-state index contributed by atoms with van der Waals surface area (Å²) in [5.74, 6) is 0.0258. The van der Waals surface area contributed by atoms with Crippen molar-refractivity contribution < 1.29 is 23.5 Å². The van der Waals surface area contributed by atoms with Gasteiger partial charge in [0.05, 0.1) is 20.1 Å². The molecule has 1 heterocycles. The van der Waals surface area contributed by atoms with Gasteiger partial charge in [-0.3, -0.25) is 9.59 Å². The van der Waals surface area contributed by atoms with Crippen LogP contribution in [0.2, 0.25) is 0 Å². The van der Waals surface area contributed by atoms with Crippen LogP contribution in [0.1, 0.15) is 27.4 Å². The van der Waals surface area contributed by atoms with Crippen LogP contribution in [0, 0.1) is 11.7 Å². The molecule has 4 rings (SSSR count). The molecule has 7 heteroatoms. The maximum atomic E-state index is 13.3. The molecule has 176 valence electrons. The topological polar surface area (TPSA) is 67.9 Å². The molecule has 3 aromatic rings. The Labute approximate surface area is 198 Å². The van der Waals surface area contributed by atoms with Crippen molar-refractivity contribution in [2.75, 3.05) is 27.3 Å². The van der Waals surface area contributed by atoms with E-state index in [2.05, 4.69) is 5.32 Å². The van der Waals surface area contributed by atoms with E-state index in [4.69, 9.17) is 9.47 Å².